The van der Waals surface area contributed by atoms with Gasteiger partial charge >= 0.3 is 5.69 Å². The third kappa shape index (κ3) is 4.58. The van der Waals surface area contributed by atoms with Gasteiger partial charge in [0.2, 0.25) is 0 Å². The Morgan fingerprint density at radius 2 is 1.43 bits per heavy atom. The molecule has 0 radical (unpaired) electrons. The van der Waals surface area contributed by atoms with Gasteiger partial charge in [-0.3, -0.25) is 14.3 Å². The number of hydrogen-bond acceptors (Lipinski definition) is 7. The van der Waals surface area contributed by atoms with E-state index in [0.29, 0.717) is 17.1 Å². The smallest absolute Gasteiger partial charge is 0.330 e. The van der Waals surface area contributed by atoms with Crippen molar-refractivity contribution in [2.45, 2.75) is 44.3 Å². The highest BCUT2D eigenvalue weighted by Gasteiger charge is 2.68. The molecule has 2 heterocycles. The summed E-state index contributed by atoms with van der Waals surface area (Å²) in [6.07, 6.45) is -0.179. The first-order valence-corrected chi connectivity index (χ1v) is 14.8. The SMILES string of the molecule is COc1ccc(C(OC[C@]23O[C@@H](n4cc(C)c(=O)[nH]c4=O)C([C@@H](C)[C@@H]2C)[C@@H]3O)(c2ccccc2)c2ccc(OC)cc2)cc1. The zero-order chi connectivity index (χ0) is 31.2. The lowest BCUT2D eigenvalue weighted by molar-refractivity contribution is -0.199. The number of benzene rings is 3. The van der Waals surface area contributed by atoms with Gasteiger partial charge in [0.05, 0.1) is 26.9 Å². The molecular weight excluding hydrogens is 560 g/mol. The number of aromatic nitrogens is 2. The summed E-state index contributed by atoms with van der Waals surface area (Å²) in [5.41, 5.74) is -0.260. The van der Waals surface area contributed by atoms with Gasteiger partial charge in [-0.25, -0.2) is 4.79 Å². The molecule has 1 unspecified atom stereocenters. The molecule has 6 rings (SSSR count). The van der Waals surface area contributed by atoms with Crippen LogP contribution in [0.3, 0.4) is 0 Å². The lowest BCUT2D eigenvalue weighted by Gasteiger charge is -2.43. The number of aliphatic hydroxyl groups excluding tert-OH is 1. The van der Waals surface area contributed by atoms with Crippen molar-refractivity contribution in [3.8, 4) is 11.5 Å². The van der Waals surface area contributed by atoms with Crippen molar-refractivity contribution in [3.05, 3.63) is 128 Å². The predicted octanol–water partition coefficient (Wildman–Crippen LogP) is 4.40. The van der Waals surface area contributed by atoms with Crippen molar-refractivity contribution in [3.63, 3.8) is 0 Å². The van der Waals surface area contributed by atoms with Crippen molar-refractivity contribution >= 4 is 0 Å². The molecule has 1 saturated carbocycles. The largest absolute Gasteiger partial charge is 0.497 e. The Labute approximate surface area is 256 Å². The Morgan fingerprint density at radius 1 is 0.886 bits per heavy atom. The second-order valence-corrected chi connectivity index (χ2v) is 11.9. The molecule has 2 fully saturated rings. The number of hydrogen-bond donors (Lipinski definition) is 2. The van der Waals surface area contributed by atoms with Crippen LogP contribution >= 0.6 is 0 Å². The molecule has 6 atom stereocenters. The van der Waals surface area contributed by atoms with E-state index in [4.69, 9.17) is 18.9 Å². The molecule has 1 aromatic heterocycles. The maximum atomic E-state index is 12.9. The van der Waals surface area contributed by atoms with E-state index in [2.05, 4.69) is 18.8 Å². The first-order chi connectivity index (χ1) is 21.2. The number of rotatable bonds is 9. The first-order valence-electron chi connectivity index (χ1n) is 14.8. The molecule has 9 heteroatoms. The number of aryl methyl sites for hydroxylation is 1. The molecule has 1 saturated heterocycles. The van der Waals surface area contributed by atoms with E-state index in [1.807, 2.05) is 78.9 Å². The maximum Gasteiger partial charge on any atom is 0.330 e. The second kappa shape index (κ2) is 11.4. The van der Waals surface area contributed by atoms with Crippen LogP contribution in [0.25, 0.3) is 0 Å². The predicted molar refractivity (Wildman–Crippen MR) is 165 cm³/mol. The van der Waals surface area contributed by atoms with E-state index >= 15 is 0 Å². The van der Waals surface area contributed by atoms with E-state index in [0.717, 1.165) is 16.7 Å². The summed E-state index contributed by atoms with van der Waals surface area (Å²) in [5.74, 6) is 0.941. The topological polar surface area (TPSA) is 112 Å². The number of H-pyrrole nitrogens is 1. The Balaban J connectivity index is 1.48. The van der Waals surface area contributed by atoms with Crippen molar-refractivity contribution in [2.24, 2.45) is 17.8 Å². The fourth-order valence-corrected chi connectivity index (χ4v) is 7.12. The highest BCUT2D eigenvalue weighted by molar-refractivity contribution is 5.49. The number of fused-ring (bicyclic) bond motifs is 2. The van der Waals surface area contributed by atoms with Crippen LogP contribution in [0.1, 0.15) is 42.3 Å². The average molecular weight is 599 g/mol. The van der Waals surface area contributed by atoms with Gasteiger partial charge in [0, 0.05) is 17.7 Å². The monoisotopic (exact) mass is 598 g/mol. The number of aromatic amines is 1. The molecule has 2 N–H and O–H groups in total. The van der Waals surface area contributed by atoms with E-state index in [1.165, 1.54) is 10.8 Å². The van der Waals surface area contributed by atoms with Gasteiger partial charge in [-0.2, -0.15) is 0 Å². The number of nitrogens with one attached hydrogen (secondary N) is 1. The molecule has 1 aliphatic heterocycles. The van der Waals surface area contributed by atoms with E-state index in [9.17, 15) is 14.7 Å². The fraction of sp³-hybridized carbons (Fsp3) is 0.371. The minimum atomic E-state index is -1.13. The molecule has 1 aliphatic carbocycles. The highest BCUT2D eigenvalue weighted by atomic mass is 16.6. The average Bonchev–Trinajstić information content (AvgIpc) is 3.44. The van der Waals surface area contributed by atoms with Gasteiger partial charge < -0.3 is 24.1 Å². The lowest BCUT2D eigenvalue weighted by Crippen LogP contribution is -2.51. The minimum Gasteiger partial charge on any atom is -0.497 e. The van der Waals surface area contributed by atoms with Gasteiger partial charge in [-0.15, -0.1) is 0 Å². The van der Waals surface area contributed by atoms with Gasteiger partial charge in [0.15, 0.2) is 0 Å². The third-order valence-corrected chi connectivity index (χ3v) is 9.81. The van der Waals surface area contributed by atoms with Crippen LogP contribution in [-0.4, -0.2) is 47.2 Å². The number of methoxy groups -OCH3 is 2. The number of ether oxygens (including phenoxy) is 4. The molecule has 2 bridgehead atoms. The molecule has 3 aromatic carbocycles. The van der Waals surface area contributed by atoms with Crippen LogP contribution in [0.5, 0.6) is 11.5 Å². The molecule has 230 valence electrons. The maximum absolute atomic E-state index is 12.9. The van der Waals surface area contributed by atoms with Gasteiger partial charge in [-0.05, 0) is 59.7 Å². The van der Waals surface area contributed by atoms with Gasteiger partial charge in [-0.1, -0.05) is 68.4 Å². The van der Waals surface area contributed by atoms with Crippen LogP contribution in [0.2, 0.25) is 0 Å². The quantitative estimate of drug-likeness (QED) is 0.275. The minimum absolute atomic E-state index is 0.000387. The molecule has 0 amide bonds. The standard InChI is InChI=1S/C35H38N2O7/c1-21-19-37(33(40)36-31(21)39)32-29-22(2)23(3)34(44-32,30(29)38)20-43-35(24-9-7-6-8-10-24,25-11-15-27(41-4)16-12-25)26-13-17-28(42-5)18-14-26/h6-19,22-23,29-30,32,38H,20H2,1-5H3,(H,36,39,40)/t22-,23-,29?,30-,32+,34-/m0/s1. The molecule has 9 nitrogen and oxygen atoms in total. The van der Waals surface area contributed by atoms with Crippen molar-refractivity contribution in [1.82, 2.24) is 9.55 Å². The fourth-order valence-electron chi connectivity index (χ4n) is 7.12. The highest BCUT2D eigenvalue weighted by Crippen LogP contribution is 2.59. The summed E-state index contributed by atoms with van der Waals surface area (Å²) < 4.78 is 26.2. The summed E-state index contributed by atoms with van der Waals surface area (Å²) in [5, 5.41) is 11.9. The van der Waals surface area contributed by atoms with Crippen LogP contribution in [0, 0.1) is 24.7 Å². The number of nitrogens with zero attached hydrogens (tertiary/aromatic N) is 1. The summed E-state index contributed by atoms with van der Waals surface area (Å²) in [6.45, 7) is 5.79. The Hall–Kier alpha value is -4.18. The van der Waals surface area contributed by atoms with Gasteiger partial charge in [0.25, 0.3) is 5.56 Å². The van der Waals surface area contributed by atoms with E-state index in [-0.39, 0.29) is 24.4 Å². The van der Waals surface area contributed by atoms with Crippen LogP contribution in [-0.2, 0) is 15.1 Å². The first kappa shape index (κ1) is 29.9. The normalized spacial score (nSPS) is 26.1. The van der Waals surface area contributed by atoms with E-state index < -0.39 is 34.8 Å². The van der Waals surface area contributed by atoms with Crippen molar-refractivity contribution in [1.29, 1.82) is 0 Å². The summed E-state index contributed by atoms with van der Waals surface area (Å²) in [6, 6.07) is 25.5. The summed E-state index contributed by atoms with van der Waals surface area (Å²) in [7, 11) is 3.25. The zero-order valence-corrected chi connectivity index (χ0v) is 25.5. The molecule has 2 aliphatic rings. The molecule has 0 spiro atoms. The van der Waals surface area contributed by atoms with Crippen LogP contribution < -0.4 is 20.7 Å². The molecule has 4 aromatic rings. The number of aliphatic hydroxyl groups is 1. The third-order valence-electron chi connectivity index (χ3n) is 9.81. The Kier molecular flexibility index (Phi) is 7.73. The van der Waals surface area contributed by atoms with Crippen molar-refractivity contribution in [2.75, 3.05) is 20.8 Å². The van der Waals surface area contributed by atoms with Crippen LogP contribution in [0.4, 0.5) is 0 Å². The molecular formula is C35H38N2O7. The van der Waals surface area contributed by atoms with E-state index in [1.54, 1.807) is 21.1 Å². The lowest BCUT2D eigenvalue weighted by atomic mass is 9.79. The Morgan fingerprint density at radius 3 is 1.98 bits per heavy atom. The molecule has 44 heavy (non-hydrogen) atoms. The Bertz CT molecular complexity index is 1680. The summed E-state index contributed by atoms with van der Waals surface area (Å²) >= 11 is 0. The summed E-state index contributed by atoms with van der Waals surface area (Å²) in [4.78, 5) is 27.4. The van der Waals surface area contributed by atoms with Gasteiger partial charge in [0.1, 0.15) is 28.9 Å². The van der Waals surface area contributed by atoms with Crippen LogP contribution in [0.15, 0.2) is 94.6 Å². The van der Waals surface area contributed by atoms with Crippen molar-refractivity contribution < 1.29 is 24.1 Å². The zero-order valence-electron chi connectivity index (χ0n) is 25.5. The second-order valence-electron chi connectivity index (χ2n) is 11.9.